The van der Waals surface area contributed by atoms with Crippen LogP contribution in [0.2, 0.25) is 0 Å². The highest BCUT2D eigenvalue weighted by atomic mass is 35.5. The molecule has 3 aromatic rings. The van der Waals surface area contributed by atoms with Crippen molar-refractivity contribution in [1.29, 1.82) is 0 Å². The van der Waals surface area contributed by atoms with Crippen molar-refractivity contribution in [2.45, 2.75) is 25.4 Å². The molecule has 0 saturated carbocycles. The Balaban J connectivity index is 0.00000240. The number of nitrogens with zero attached hydrogens (tertiary/aromatic N) is 1. The molecule has 154 valence electrons. The van der Waals surface area contributed by atoms with E-state index in [1.54, 1.807) is 6.07 Å². The first kappa shape index (κ1) is 21.4. The molecular weight excluding hydrogens is 388 g/mol. The summed E-state index contributed by atoms with van der Waals surface area (Å²) < 4.78 is 12.1. The second-order valence-electron chi connectivity index (χ2n) is 8.08. The van der Waals surface area contributed by atoms with Gasteiger partial charge >= 0.3 is 0 Å². The van der Waals surface area contributed by atoms with Crippen LogP contribution in [-0.4, -0.2) is 43.7 Å². The second-order valence-corrected chi connectivity index (χ2v) is 8.08. The average Bonchev–Trinajstić information content (AvgIpc) is 3.14. The monoisotopic (exact) mass is 414 g/mol. The minimum atomic E-state index is -0.234. The molecule has 0 radical (unpaired) electrons. The van der Waals surface area contributed by atoms with Gasteiger partial charge in [0.2, 0.25) is 0 Å². The van der Waals surface area contributed by atoms with Gasteiger partial charge in [-0.25, -0.2) is 0 Å². The summed E-state index contributed by atoms with van der Waals surface area (Å²) in [6.45, 7) is 2.68. The minimum Gasteiger partial charge on any atom is -1.00 e. The summed E-state index contributed by atoms with van der Waals surface area (Å²) in [5.74, 6) is 0.0878. The Morgan fingerprint density at radius 3 is 2.45 bits per heavy atom. The van der Waals surface area contributed by atoms with Gasteiger partial charge in [0.15, 0.2) is 5.76 Å². The predicted octanol–water partition coefficient (Wildman–Crippen LogP) is 1.44. The van der Waals surface area contributed by atoms with Crippen LogP contribution in [0.3, 0.4) is 0 Å². The zero-order valence-electron chi connectivity index (χ0n) is 16.9. The third-order valence-electron chi connectivity index (χ3n) is 5.63. The lowest BCUT2D eigenvalue weighted by molar-refractivity contribution is -0.929. The van der Waals surface area contributed by atoms with Crippen molar-refractivity contribution in [3.8, 4) is 0 Å². The normalized spacial score (nSPS) is 15.1. The molecule has 1 N–H and O–H groups in total. The van der Waals surface area contributed by atoms with E-state index in [1.807, 2.05) is 36.4 Å². The summed E-state index contributed by atoms with van der Waals surface area (Å²) in [5, 5.41) is 3.85. The van der Waals surface area contributed by atoms with Gasteiger partial charge in [-0.2, -0.15) is 0 Å². The third kappa shape index (κ3) is 4.99. The maximum atomic E-state index is 12.5. The molecule has 0 aliphatic carbocycles. The van der Waals surface area contributed by atoms with Gasteiger partial charge in [0.25, 0.3) is 5.91 Å². The number of ether oxygens (including phenoxy) is 1. The Bertz CT molecular complexity index is 927. The highest BCUT2D eigenvalue weighted by molar-refractivity contribution is 6.04. The van der Waals surface area contributed by atoms with E-state index in [1.165, 1.54) is 5.56 Å². The molecule has 1 aliphatic heterocycles. The molecule has 1 fully saturated rings. The maximum Gasteiger partial charge on any atom is 0.291 e. The Morgan fingerprint density at radius 2 is 1.76 bits per heavy atom. The summed E-state index contributed by atoms with van der Waals surface area (Å²) in [5.41, 5.74) is 2.75. The lowest BCUT2D eigenvalue weighted by atomic mass is 10.0. The van der Waals surface area contributed by atoms with E-state index in [0.717, 1.165) is 53.7 Å². The molecule has 4 rings (SSSR count). The topological polar surface area (TPSA) is 51.5 Å². The largest absolute Gasteiger partial charge is 1.00 e. The quantitative estimate of drug-likeness (QED) is 0.643. The molecule has 0 unspecified atom stereocenters. The Kier molecular flexibility index (Phi) is 6.63. The van der Waals surface area contributed by atoms with Gasteiger partial charge in [0.1, 0.15) is 12.1 Å². The van der Waals surface area contributed by atoms with Crippen LogP contribution in [0.4, 0.5) is 5.69 Å². The number of carbonyl (C=O) groups is 1. The average molecular weight is 415 g/mol. The number of para-hydroxylation sites is 1. The first-order valence-corrected chi connectivity index (χ1v) is 9.80. The van der Waals surface area contributed by atoms with Crippen molar-refractivity contribution in [3.63, 3.8) is 0 Å². The SMILES string of the molecule is C[N+](C)(Cc1ccc(NC(=O)c2cc3ccccc3o2)cc1)C1CCOCC1.[Cl-]. The number of amides is 1. The molecule has 6 heteroatoms. The van der Waals surface area contributed by atoms with Crippen molar-refractivity contribution < 1.29 is 30.8 Å². The van der Waals surface area contributed by atoms with E-state index in [2.05, 4.69) is 31.5 Å². The van der Waals surface area contributed by atoms with Gasteiger partial charge in [-0.1, -0.05) is 30.3 Å². The molecule has 2 heterocycles. The van der Waals surface area contributed by atoms with Gasteiger partial charge in [-0.05, 0) is 24.3 Å². The highest BCUT2D eigenvalue weighted by Gasteiger charge is 2.30. The summed E-state index contributed by atoms with van der Waals surface area (Å²) >= 11 is 0. The van der Waals surface area contributed by atoms with Crippen molar-refractivity contribution in [2.24, 2.45) is 0 Å². The minimum absolute atomic E-state index is 0. The fraction of sp³-hybridized carbons (Fsp3) is 0.348. The highest BCUT2D eigenvalue weighted by Crippen LogP contribution is 2.23. The smallest absolute Gasteiger partial charge is 0.291 e. The van der Waals surface area contributed by atoms with Crippen LogP contribution in [-0.2, 0) is 11.3 Å². The number of nitrogens with one attached hydrogen (secondary N) is 1. The number of anilines is 1. The number of furan rings is 1. The lowest BCUT2D eigenvalue weighted by Crippen LogP contribution is -3.00. The molecule has 2 aromatic carbocycles. The van der Waals surface area contributed by atoms with Crippen LogP contribution in [0.5, 0.6) is 0 Å². The van der Waals surface area contributed by atoms with Gasteiger partial charge in [-0.15, -0.1) is 0 Å². The number of hydrogen-bond acceptors (Lipinski definition) is 3. The van der Waals surface area contributed by atoms with E-state index in [0.29, 0.717) is 11.8 Å². The number of carbonyl (C=O) groups excluding carboxylic acids is 1. The van der Waals surface area contributed by atoms with Crippen LogP contribution in [0.25, 0.3) is 11.0 Å². The Morgan fingerprint density at radius 1 is 1.07 bits per heavy atom. The zero-order chi connectivity index (χ0) is 19.6. The molecule has 0 bridgehead atoms. The van der Waals surface area contributed by atoms with Crippen molar-refractivity contribution in [3.05, 3.63) is 65.9 Å². The van der Waals surface area contributed by atoms with E-state index in [9.17, 15) is 4.79 Å². The summed E-state index contributed by atoms with van der Waals surface area (Å²) in [6.07, 6.45) is 2.22. The molecule has 0 atom stereocenters. The molecule has 1 aromatic heterocycles. The molecule has 1 saturated heterocycles. The van der Waals surface area contributed by atoms with Gasteiger partial charge in [-0.3, -0.25) is 4.79 Å². The van der Waals surface area contributed by atoms with Crippen LogP contribution >= 0.6 is 0 Å². The molecular formula is C23H27ClN2O3. The van der Waals surface area contributed by atoms with Gasteiger partial charge in [0.05, 0.1) is 33.4 Å². The van der Waals surface area contributed by atoms with Crippen LogP contribution in [0, 0.1) is 0 Å². The predicted molar refractivity (Wildman–Crippen MR) is 110 cm³/mol. The van der Waals surface area contributed by atoms with E-state index in [4.69, 9.17) is 9.15 Å². The molecule has 0 spiro atoms. The van der Waals surface area contributed by atoms with Crippen molar-refractivity contribution >= 4 is 22.6 Å². The van der Waals surface area contributed by atoms with Crippen molar-refractivity contribution in [1.82, 2.24) is 0 Å². The Labute approximate surface area is 177 Å². The number of halogens is 1. The number of hydrogen-bond donors (Lipinski definition) is 1. The maximum absolute atomic E-state index is 12.5. The van der Waals surface area contributed by atoms with Gasteiger partial charge < -0.3 is 31.4 Å². The summed E-state index contributed by atoms with van der Waals surface area (Å²) in [7, 11) is 4.57. The third-order valence-corrected chi connectivity index (χ3v) is 5.63. The number of fused-ring (bicyclic) bond motifs is 1. The first-order chi connectivity index (χ1) is 13.5. The van der Waals surface area contributed by atoms with Crippen LogP contribution in [0.1, 0.15) is 29.0 Å². The van der Waals surface area contributed by atoms with Gasteiger partial charge in [0, 0.05) is 29.5 Å². The number of rotatable bonds is 5. The number of benzene rings is 2. The van der Waals surface area contributed by atoms with Crippen molar-refractivity contribution in [2.75, 3.05) is 32.6 Å². The van der Waals surface area contributed by atoms with E-state index in [-0.39, 0.29) is 18.3 Å². The lowest BCUT2D eigenvalue weighted by Gasteiger charge is -2.40. The fourth-order valence-electron chi connectivity index (χ4n) is 3.96. The summed E-state index contributed by atoms with van der Waals surface area (Å²) in [6, 6.07) is 18.1. The molecule has 29 heavy (non-hydrogen) atoms. The fourth-order valence-corrected chi connectivity index (χ4v) is 3.96. The standard InChI is InChI=1S/C23H26N2O3.ClH/c1-25(2,20-11-13-27-14-12-20)16-17-7-9-19(10-8-17)24-23(26)22-15-18-5-3-4-6-21(18)28-22;/h3-10,15,20H,11-14,16H2,1-2H3;1H. The van der Waals surface area contributed by atoms with Crippen LogP contribution < -0.4 is 17.7 Å². The van der Waals surface area contributed by atoms with E-state index < -0.39 is 0 Å². The zero-order valence-corrected chi connectivity index (χ0v) is 17.6. The van der Waals surface area contributed by atoms with E-state index >= 15 is 0 Å². The molecule has 1 aliphatic rings. The molecule has 1 amide bonds. The second kappa shape index (κ2) is 8.99. The van der Waals surface area contributed by atoms with Crippen LogP contribution in [0.15, 0.2) is 59.0 Å². The molecule has 5 nitrogen and oxygen atoms in total. The number of quaternary nitrogens is 1. The Hall–Kier alpha value is -2.34. The summed E-state index contributed by atoms with van der Waals surface area (Å²) in [4.78, 5) is 12.5. The first-order valence-electron chi connectivity index (χ1n) is 9.80.